The van der Waals surface area contributed by atoms with Gasteiger partial charge in [0.2, 0.25) is 0 Å². The van der Waals surface area contributed by atoms with Gasteiger partial charge in [-0.25, -0.2) is 4.79 Å². The Balaban J connectivity index is 2.02. The van der Waals surface area contributed by atoms with E-state index in [0.29, 0.717) is 23.8 Å². The molecule has 2 amide bonds. The smallest absolute Gasteiger partial charge is 0.322 e. The van der Waals surface area contributed by atoms with E-state index in [-0.39, 0.29) is 12.1 Å². The van der Waals surface area contributed by atoms with Crippen LogP contribution in [0.2, 0.25) is 5.02 Å². The molecule has 1 atom stereocenters. The number of anilines is 1. The highest BCUT2D eigenvalue weighted by Gasteiger charge is 2.27. The molecular formula is C13H19ClN4O. The first-order valence-corrected chi connectivity index (χ1v) is 6.69. The number of urea groups is 1. The summed E-state index contributed by atoms with van der Waals surface area (Å²) in [7, 11) is 2.04. The van der Waals surface area contributed by atoms with Gasteiger partial charge in [0.25, 0.3) is 0 Å². The van der Waals surface area contributed by atoms with Crippen LogP contribution < -0.4 is 11.1 Å². The van der Waals surface area contributed by atoms with Crippen LogP contribution in [-0.2, 0) is 0 Å². The third kappa shape index (κ3) is 3.59. The van der Waals surface area contributed by atoms with Crippen molar-refractivity contribution in [2.75, 3.05) is 38.5 Å². The molecule has 1 aromatic carbocycles. The van der Waals surface area contributed by atoms with Gasteiger partial charge in [-0.05, 0) is 25.2 Å². The van der Waals surface area contributed by atoms with Crippen molar-refractivity contribution in [3.05, 3.63) is 29.3 Å². The molecule has 1 aliphatic heterocycles. The minimum atomic E-state index is -0.120. The van der Waals surface area contributed by atoms with E-state index in [0.717, 1.165) is 13.1 Å². The fourth-order valence-electron chi connectivity index (χ4n) is 2.24. The van der Waals surface area contributed by atoms with Gasteiger partial charge in [0.1, 0.15) is 0 Å². The lowest BCUT2D eigenvalue weighted by Gasteiger charge is -2.39. The van der Waals surface area contributed by atoms with E-state index in [1.165, 1.54) is 0 Å². The van der Waals surface area contributed by atoms with Gasteiger partial charge in [-0.15, -0.1) is 0 Å². The molecule has 0 aliphatic carbocycles. The summed E-state index contributed by atoms with van der Waals surface area (Å²) in [6, 6.07) is 7.06. The van der Waals surface area contributed by atoms with Gasteiger partial charge in [0.15, 0.2) is 0 Å². The van der Waals surface area contributed by atoms with Crippen LogP contribution >= 0.6 is 11.6 Å². The molecule has 0 aromatic heterocycles. The number of halogens is 1. The van der Waals surface area contributed by atoms with Crippen LogP contribution in [0.25, 0.3) is 0 Å². The number of rotatable bonds is 2. The third-order valence-electron chi connectivity index (χ3n) is 3.29. The Bertz CT molecular complexity index is 454. The highest BCUT2D eigenvalue weighted by Crippen LogP contribution is 2.16. The van der Waals surface area contributed by atoms with Gasteiger partial charge in [-0.2, -0.15) is 0 Å². The lowest BCUT2D eigenvalue weighted by Crippen LogP contribution is -2.57. The van der Waals surface area contributed by atoms with Crippen molar-refractivity contribution in [3.8, 4) is 0 Å². The number of piperazine rings is 1. The van der Waals surface area contributed by atoms with Gasteiger partial charge in [0, 0.05) is 36.9 Å². The number of nitrogens with zero attached hydrogens (tertiary/aromatic N) is 2. The fraction of sp³-hybridized carbons (Fsp3) is 0.462. The van der Waals surface area contributed by atoms with E-state index < -0.39 is 0 Å². The fourth-order valence-corrected chi connectivity index (χ4v) is 2.43. The molecule has 0 bridgehead atoms. The second kappa shape index (κ2) is 6.23. The maximum atomic E-state index is 12.3. The molecule has 104 valence electrons. The van der Waals surface area contributed by atoms with Crippen molar-refractivity contribution < 1.29 is 4.79 Å². The number of nitrogens with one attached hydrogen (secondary N) is 1. The molecule has 1 unspecified atom stereocenters. The molecule has 0 radical (unpaired) electrons. The van der Waals surface area contributed by atoms with Crippen LogP contribution in [0, 0.1) is 0 Å². The summed E-state index contributed by atoms with van der Waals surface area (Å²) in [5.74, 6) is 0. The molecule has 2 rings (SSSR count). The molecule has 6 heteroatoms. The zero-order valence-corrected chi connectivity index (χ0v) is 11.7. The highest BCUT2D eigenvalue weighted by atomic mass is 35.5. The lowest BCUT2D eigenvalue weighted by atomic mass is 10.2. The number of carbonyl (C=O) groups is 1. The molecule has 0 spiro atoms. The second-order valence-electron chi connectivity index (χ2n) is 4.79. The first-order valence-electron chi connectivity index (χ1n) is 6.32. The Kier molecular flexibility index (Phi) is 4.63. The second-order valence-corrected chi connectivity index (χ2v) is 5.22. The molecule has 1 fully saturated rings. The lowest BCUT2D eigenvalue weighted by molar-refractivity contribution is 0.120. The average molecular weight is 283 g/mol. The topological polar surface area (TPSA) is 61.6 Å². The molecule has 1 heterocycles. The zero-order chi connectivity index (χ0) is 13.8. The number of hydrogen-bond acceptors (Lipinski definition) is 3. The van der Waals surface area contributed by atoms with Crippen LogP contribution in [0.4, 0.5) is 10.5 Å². The minimum absolute atomic E-state index is 0.0536. The summed E-state index contributed by atoms with van der Waals surface area (Å²) in [6.45, 7) is 2.82. The Morgan fingerprint density at radius 2 is 2.32 bits per heavy atom. The predicted octanol–water partition coefficient (Wildman–Crippen LogP) is 1.45. The summed E-state index contributed by atoms with van der Waals surface area (Å²) in [5, 5.41) is 3.46. The highest BCUT2D eigenvalue weighted by molar-refractivity contribution is 6.30. The van der Waals surface area contributed by atoms with Gasteiger partial charge < -0.3 is 20.9 Å². The van der Waals surface area contributed by atoms with Crippen molar-refractivity contribution in [2.45, 2.75) is 6.04 Å². The molecule has 5 nitrogen and oxygen atoms in total. The Labute approximate surface area is 118 Å². The van der Waals surface area contributed by atoms with Crippen LogP contribution in [0.1, 0.15) is 0 Å². The molecule has 19 heavy (non-hydrogen) atoms. The minimum Gasteiger partial charge on any atom is -0.328 e. The van der Waals surface area contributed by atoms with Gasteiger partial charge >= 0.3 is 6.03 Å². The van der Waals surface area contributed by atoms with Crippen LogP contribution in [-0.4, -0.2) is 55.1 Å². The quantitative estimate of drug-likeness (QED) is 0.863. The summed E-state index contributed by atoms with van der Waals surface area (Å²) in [5.41, 5.74) is 6.44. The molecular weight excluding hydrogens is 264 g/mol. The van der Waals surface area contributed by atoms with E-state index in [2.05, 4.69) is 10.2 Å². The average Bonchev–Trinajstić information content (AvgIpc) is 2.38. The first-order chi connectivity index (χ1) is 9.10. The Hall–Kier alpha value is -1.30. The molecule has 0 saturated carbocycles. The predicted molar refractivity (Wildman–Crippen MR) is 77.5 cm³/mol. The van der Waals surface area contributed by atoms with Crippen molar-refractivity contribution in [3.63, 3.8) is 0 Å². The first kappa shape index (κ1) is 14.1. The van der Waals surface area contributed by atoms with E-state index >= 15 is 0 Å². The van der Waals surface area contributed by atoms with Crippen LogP contribution in [0.15, 0.2) is 24.3 Å². The summed E-state index contributed by atoms with van der Waals surface area (Å²) < 4.78 is 0. The van der Waals surface area contributed by atoms with Gasteiger partial charge in [-0.1, -0.05) is 17.7 Å². The van der Waals surface area contributed by atoms with E-state index in [1.54, 1.807) is 17.0 Å². The summed E-state index contributed by atoms with van der Waals surface area (Å²) in [6.07, 6.45) is 0. The normalized spacial score (nSPS) is 20.4. The summed E-state index contributed by atoms with van der Waals surface area (Å²) >= 11 is 5.90. The number of nitrogens with two attached hydrogens (primary N) is 1. The van der Waals surface area contributed by atoms with Crippen LogP contribution in [0.3, 0.4) is 0 Å². The van der Waals surface area contributed by atoms with E-state index in [1.807, 2.05) is 19.2 Å². The monoisotopic (exact) mass is 282 g/mol. The standard InChI is InChI=1S/C13H19ClN4O/c1-17-5-6-18(12(8-15)9-17)13(19)16-11-4-2-3-10(14)7-11/h2-4,7,12H,5-6,8-9,15H2,1H3,(H,16,19). The summed E-state index contributed by atoms with van der Waals surface area (Å²) in [4.78, 5) is 16.2. The van der Waals surface area contributed by atoms with Crippen molar-refractivity contribution in [2.24, 2.45) is 5.73 Å². The van der Waals surface area contributed by atoms with Crippen molar-refractivity contribution >= 4 is 23.3 Å². The molecule has 1 aromatic rings. The van der Waals surface area contributed by atoms with Crippen molar-refractivity contribution in [1.29, 1.82) is 0 Å². The largest absolute Gasteiger partial charge is 0.328 e. The maximum absolute atomic E-state index is 12.3. The van der Waals surface area contributed by atoms with Gasteiger partial charge in [-0.3, -0.25) is 0 Å². The Morgan fingerprint density at radius 3 is 3.00 bits per heavy atom. The number of carbonyl (C=O) groups excluding carboxylic acids is 1. The number of amides is 2. The SMILES string of the molecule is CN1CCN(C(=O)Nc2cccc(Cl)c2)C(CN)C1. The molecule has 1 aliphatic rings. The van der Waals surface area contributed by atoms with Gasteiger partial charge in [0.05, 0.1) is 6.04 Å². The Morgan fingerprint density at radius 1 is 1.53 bits per heavy atom. The molecule has 1 saturated heterocycles. The van der Waals surface area contributed by atoms with Crippen LogP contribution in [0.5, 0.6) is 0 Å². The number of benzene rings is 1. The number of likely N-dealkylation sites (N-methyl/N-ethyl adjacent to an activating group) is 1. The zero-order valence-electron chi connectivity index (χ0n) is 11.0. The number of hydrogen-bond donors (Lipinski definition) is 2. The van der Waals surface area contributed by atoms with E-state index in [9.17, 15) is 4.79 Å². The van der Waals surface area contributed by atoms with Crippen molar-refractivity contribution in [1.82, 2.24) is 9.80 Å². The molecule has 3 N–H and O–H groups in total. The third-order valence-corrected chi connectivity index (χ3v) is 3.53. The van der Waals surface area contributed by atoms with E-state index in [4.69, 9.17) is 17.3 Å². The maximum Gasteiger partial charge on any atom is 0.322 e.